The van der Waals surface area contributed by atoms with E-state index in [0.29, 0.717) is 0 Å². The highest BCUT2D eigenvalue weighted by atomic mass is 32.1. The highest BCUT2D eigenvalue weighted by molar-refractivity contribution is 7.10. The predicted molar refractivity (Wildman–Crippen MR) is 68.0 cm³/mol. The van der Waals surface area contributed by atoms with E-state index in [0.717, 1.165) is 29.1 Å². The van der Waals surface area contributed by atoms with Gasteiger partial charge in [0.15, 0.2) is 5.13 Å². The Morgan fingerprint density at radius 1 is 1.61 bits per heavy atom. The fourth-order valence-electron chi connectivity index (χ4n) is 1.27. The number of hydroxylamine groups is 1. The average molecular weight is 275 g/mol. The van der Waals surface area contributed by atoms with Crippen LogP contribution in [0.4, 0.5) is 4.39 Å². The van der Waals surface area contributed by atoms with Crippen LogP contribution in [0.15, 0.2) is 6.07 Å². The van der Waals surface area contributed by atoms with Crippen LogP contribution in [-0.4, -0.2) is 23.2 Å². The Hall–Kier alpha value is -0.980. The van der Waals surface area contributed by atoms with E-state index in [2.05, 4.69) is 5.48 Å². The lowest BCUT2D eigenvalue weighted by molar-refractivity contribution is -0.0523. The van der Waals surface area contributed by atoms with Crippen LogP contribution in [0.5, 0.6) is 0 Å². The van der Waals surface area contributed by atoms with E-state index in [1.165, 1.54) is 6.07 Å². The van der Waals surface area contributed by atoms with Crippen molar-refractivity contribution < 1.29 is 19.1 Å². The molecule has 0 aliphatic heterocycles. The molecule has 0 aromatic carbocycles. The second kappa shape index (κ2) is 6.26. The number of aryl methyl sites for hydroxylation is 1. The van der Waals surface area contributed by atoms with Gasteiger partial charge in [-0.1, -0.05) is 13.3 Å². The zero-order valence-corrected chi connectivity index (χ0v) is 11.6. The molecule has 0 spiro atoms. The number of rotatable bonds is 6. The molecule has 0 bridgehead atoms. The summed E-state index contributed by atoms with van der Waals surface area (Å²) in [6, 6.07) is 1.53. The van der Waals surface area contributed by atoms with Gasteiger partial charge in [-0.3, -0.25) is 9.63 Å². The van der Waals surface area contributed by atoms with Gasteiger partial charge in [0, 0.05) is 4.88 Å². The number of nitrogens with one attached hydrogen (secondary N) is 1. The highest BCUT2D eigenvalue weighted by Crippen LogP contribution is 2.21. The molecule has 1 aromatic heterocycles. The molecule has 1 rings (SSSR count). The van der Waals surface area contributed by atoms with Gasteiger partial charge in [0.1, 0.15) is 6.61 Å². The highest BCUT2D eigenvalue weighted by Gasteiger charge is 2.18. The summed E-state index contributed by atoms with van der Waals surface area (Å²) in [6.45, 7) is 5.02. The minimum Gasteiger partial charge on any atom is -0.388 e. The Bertz CT molecular complexity index is 412. The lowest BCUT2D eigenvalue weighted by Gasteiger charge is -2.16. The zero-order valence-electron chi connectivity index (χ0n) is 10.7. The summed E-state index contributed by atoms with van der Waals surface area (Å²) in [5, 5.41) is 8.87. The molecule has 0 saturated carbocycles. The monoisotopic (exact) mass is 275 g/mol. The molecule has 2 N–H and O–H groups in total. The lowest BCUT2D eigenvalue weighted by atomic mass is 10.2. The maximum Gasteiger partial charge on any atom is 0.278 e. The average Bonchev–Trinajstić information content (AvgIpc) is 2.58. The molecule has 0 saturated heterocycles. The number of hydrogen-bond donors (Lipinski definition) is 2. The maximum atomic E-state index is 13.5. The third kappa shape index (κ3) is 4.72. The fraction of sp³-hybridized carbons (Fsp3) is 0.583. The number of carbonyl (C=O) groups excluding carboxylic acids is 1. The SMILES string of the molecule is CCCc1cc(C(=O)NOCC(C)(C)O)c(F)s1. The molecule has 0 aliphatic rings. The number of aliphatic hydroxyl groups is 1. The summed E-state index contributed by atoms with van der Waals surface area (Å²) < 4.78 is 13.5. The summed E-state index contributed by atoms with van der Waals surface area (Å²) in [5.74, 6) is -0.629. The van der Waals surface area contributed by atoms with Crippen molar-refractivity contribution in [1.82, 2.24) is 5.48 Å². The Labute approximate surface area is 110 Å². The summed E-state index contributed by atoms with van der Waals surface area (Å²) >= 11 is 0.974. The van der Waals surface area contributed by atoms with Crippen LogP contribution in [0, 0.1) is 5.13 Å². The van der Waals surface area contributed by atoms with Gasteiger partial charge in [0.05, 0.1) is 11.2 Å². The van der Waals surface area contributed by atoms with Crippen LogP contribution in [0.3, 0.4) is 0 Å². The first kappa shape index (κ1) is 15.1. The van der Waals surface area contributed by atoms with Crippen LogP contribution in [-0.2, 0) is 11.3 Å². The first-order valence-corrected chi connectivity index (χ1v) is 6.58. The quantitative estimate of drug-likeness (QED) is 0.783. The summed E-state index contributed by atoms with van der Waals surface area (Å²) in [4.78, 5) is 17.3. The van der Waals surface area contributed by atoms with Gasteiger partial charge in [-0.2, -0.15) is 4.39 Å². The van der Waals surface area contributed by atoms with Crippen LogP contribution >= 0.6 is 11.3 Å². The second-order valence-electron chi connectivity index (χ2n) is 4.68. The normalized spacial score (nSPS) is 11.6. The smallest absolute Gasteiger partial charge is 0.278 e. The molecule has 102 valence electrons. The molecule has 1 heterocycles. The van der Waals surface area contributed by atoms with Crippen molar-refractivity contribution >= 4 is 17.2 Å². The summed E-state index contributed by atoms with van der Waals surface area (Å²) in [7, 11) is 0. The van der Waals surface area contributed by atoms with Crippen molar-refractivity contribution in [3.63, 3.8) is 0 Å². The van der Waals surface area contributed by atoms with E-state index < -0.39 is 16.6 Å². The maximum absolute atomic E-state index is 13.5. The molecule has 0 aliphatic carbocycles. The molecular weight excluding hydrogens is 257 g/mol. The van der Waals surface area contributed by atoms with Crippen molar-refractivity contribution in [3.8, 4) is 0 Å². The minimum atomic E-state index is -1.05. The lowest BCUT2D eigenvalue weighted by Crippen LogP contribution is -2.33. The Morgan fingerprint density at radius 3 is 2.83 bits per heavy atom. The van der Waals surface area contributed by atoms with Gasteiger partial charge in [-0.25, -0.2) is 5.48 Å². The summed E-state index contributed by atoms with van der Waals surface area (Å²) in [6.07, 6.45) is 1.65. The minimum absolute atomic E-state index is 0.0146. The van der Waals surface area contributed by atoms with Crippen LogP contribution < -0.4 is 5.48 Å². The topological polar surface area (TPSA) is 58.6 Å². The Balaban J connectivity index is 2.56. The molecule has 0 unspecified atom stereocenters. The number of amides is 1. The third-order valence-electron chi connectivity index (χ3n) is 2.07. The Kier molecular flexibility index (Phi) is 5.25. The van der Waals surface area contributed by atoms with Gasteiger partial charge in [0.25, 0.3) is 5.91 Å². The molecule has 4 nitrogen and oxygen atoms in total. The molecule has 18 heavy (non-hydrogen) atoms. The van der Waals surface area contributed by atoms with Gasteiger partial charge in [-0.05, 0) is 26.3 Å². The van der Waals surface area contributed by atoms with E-state index in [4.69, 9.17) is 4.84 Å². The predicted octanol–water partition coefficient (Wildman–Crippen LogP) is 2.27. The first-order valence-electron chi connectivity index (χ1n) is 5.76. The van der Waals surface area contributed by atoms with E-state index in [-0.39, 0.29) is 12.2 Å². The molecular formula is C12H18FNO3S. The van der Waals surface area contributed by atoms with Crippen LogP contribution in [0.25, 0.3) is 0 Å². The van der Waals surface area contributed by atoms with E-state index in [1.54, 1.807) is 13.8 Å². The third-order valence-corrected chi connectivity index (χ3v) is 3.05. The van der Waals surface area contributed by atoms with Gasteiger partial charge in [-0.15, -0.1) is 11.3 Å². The zero-order chi connectivity index (χ0) is 13.8. The van der Waals surface area contributed by atoms with Gasteiger partial charge < -0.3 is 5.11 Å². The van der Waals surface area contributed by atoms with Crippen molar-refractivity contribution in [2.45, 2.75) is 39.2 Å². The van der Waals surface area contributed by atoms with Crippen molar-refractivity contribution in [2.75, 3.05) is 6.61 Å². The molecule has 0 radical (unpaired) electrons. The van der Waals surface area contributed by atoms with Gasteiger partial charge >= 0.3 is 0 Å². The molecule has 6 heteroatoms. The molecule has 1 amide bonds. The molecule has 0 atom stereocenters. The fourth-order valence-corrected chi connectivity index (χ4v) is 2.25. The first-order chi connectivity index (χ1) is 8.33. The Morgan fingerprint density at radius 2 is 2.28 bits per heavy atom. The van der Waals surface area contributed by atoms with Crippen LogP contribution in [0.2, 0.25) is 0 Å². The summed E-state index contributed by atoms with van der Waals surface area (Å²) in [5.41, 5.74) is 1.06. The van der Waals surface area contributed by atoms with Crippen molar-refractivity contribution in [2.24, 2.45) is 0 Å². The van der Waals surface area contributed by atoms with Crippen molar-refractivity contribution in [3.05, 3.63) is 21.6 Å². The van der Waals surface area contributed by atoms with E-state index >= 15 is 0 Å². The second-order valence-corrected chi connectivity index (χ2v) is 5.77. The largest absolute Gasteiger partial charge is 0.388 e. The van der Waals surface area contributed by atoms with Gasteiger partial charge in [0.2, 0.25) is 0 Å². The number of carbonyl (C=O) groups is 1. The molecule has 0 fully saturated rings. The van der Waals surface area contributed by atoms with E-state index in [9.17, 15) is 14.3 Å². The van der Waals surface area contributed by atoms with Crippen LogP contribution in [0.1, 0.15) is 42.4 Å². The standard InChI is InChI=1S/C12H18FNO3S/c1-4-5-8-6-9(10(13)18-8)11(15)14-17-7-12(2,3)16/h6,16H,4-5,7H2,1-3H3,(H,14,15). The molecule has 1 aromatic rings. The number of thiophene rings is 1. The number of halogens is 1. The van der Waals surface area contributed by atoms with Crippen molar-refractivity contribution in [1.29, 1.82) is 0 Å². The number of hydrogen-bond acceptors (Lipinski definition) is 4. The van der Waals surface area contributed by atoms with E-state index in [1.807, 2.05) is 6.92 Å².